The highest BCUT2D eigenvalue weighted by Gasteiger charge is 2.17. The van der Waals surface area contributed by atoms with Crippen molar-refractivity contribution < 1.29 is 14.0 Å². The molecule has 0 saturated carbocycles. The predicted octanol–water partition coefficient (Wildman–Crippen LogP) is 3.22. The minimum Gasteiger partial charge on any atom is -0.469 e. The van der Waals surface area contributed by atoms with Gasteiger partial charge < -0.3 is 20.4 Å². The molecular formula is C18H22ClN3O3. The molecule has 0 radical (unpaired) electrons. The highest BCUT2D eigenvalue weighted by molar-refractivity contribution is 6.31. The van der Waals surface area contributed by atoms with Crippen LogP contribution in [0.2, 0.25) is 5.02 Å². The molecule has 2 rings (SSSR count). The number of hydrogen-bond acceptors (Lipinski definition) is 4. The number of halogens is 1. The Hall–Kier alpha value is -2.31. The van der Waals surface area contributed by atoms with E-state index >= 15 is 0 Å². The van der Waals surface area contributed by atoms with E-state index in [0.717, 1.165) is 6.54 Å². The van der Waals surface area contributed by atoms with Gasteiger partial charge >= 0.3 is 0 Å². The first-order valence-corrected chi connectivity index (χ1v) is 8.46. The molecule has 0 aliphatic carbocycles. The molecule has 0 aliphatic rings. The van der Waals surface area contributed by atoms with Crippen molar-refractivity contribution in [2.24, 2.45) is 0 Å². The van der Waals surface area contributed by atoms with Crippen LogP contribution in [-0.4, -0.2) is 30.9 Å². The minimum absolute atomic E-state index is 0.146. The second kappa shape index (κ2) is 8.69. The van der Waals surface area contributed by atoms with Crippen molar-refractivity contribution in [1.82, 2.24) is 10.6 Å². The molecule has 2 aromatic rings. The van der Waals surface area contributed by atoms with E-state index in [0.29, 0.717) is 34.1 Å². The largest absolute Gasteiger partial charge is 0.469 e. The minimum atomic E-state index is -0.358. The fraction of sp³-hybridized carbons (Fsp3) is 0.333. The van der Waals surface area contributed by atoms with Crippen molar-refractivity contribution in [2.45, 2.75) is 26.8 Å². The molecule has 6 nitrogen and oxygen atoms in total. The summed E-state index contributed by atoms with van der Waals surface area (Å²) in [5.41, 5.74) is 1.11. The molecule has 0 fully saturated rings. The standard InChI is InChI=1S/C18H22ClN3O3/c1-4-20-11(2)10-21-17(23)15-6-5-13(19)9-16(15)22-18(24)14-7-8-25-12(14)3/h5-9,11,20H,4,10H2,1-3H3,(H,21,23)(H,22,24)/t11-/m1/s1. The first kappa shape index (κ1) is 19.0. The monoisotopic (exact) mass is 363 g/mol. The highest BCUT2D eigenvalue weighted by atomic mass is 35.5. The number of rotatable bonds is 7. The number of hydrogen-bond donors (Lipinski definition) is 3. The maximum Gasteiger partial charge on any atom is 0.259 e. The van der Waals surface area contributed by atoms with Gasteiger partial charge in [0.15, 0.2) is 0 Å². The van der Waals surface area contributed by atoms with Crippen LogP contribution in [-0.2, 0) is 0 Å². The van der Waals surface area contributed by atoms with E-state index in [-0.39, 0.29) is 17.9 Å². The summed E-state index contributed by atoms with van der Waals surface area (Å²) in [5, 5.41) is 9.22. The number of aryl methyl sites for hydroxylation is 1. The van der Waals surface area contributed by atoms with E-state index in [9.17, 15) is 9.59 Å². The SMILES string of the molecule is CCN[C@H](C)CNC(=O)c1ccc(Cl)cc1NC(=O)c1ccoc1C. The Bertz CT molecular complexity index is 758. The second-order valence-electron chi connectivity index (χ2n) is 5.70. The highest BCUT2D eigenvalue weighted by Crippen LogP contribution is 2.22. The van der Waals surface area contributed by atoms with E-state index in [1.54, 1.807) is 31.2 Å². The van der Waals surface area contributed by atoms with Gasteiger partial charge in [0.1, 0.15) is 5.76 Å². The van der Waals surface area contributed by atoms with Crippen molar-refractivity contribution in [3.05, 3.63) is 52.4 Å². The molecule has 3 N–H and O–H groups in total. The Labute approximate surface area is 151 Å². The Morgan fingerprint density at radius 3 is 2.60 bits per heavy atom. The van der Waals surface area contributed by atoms with E-state index in [2.05, 4.69) is 16.0 Å². The lowest BCUT2D eigenvalue weighted by Crippen LogP contribution is -2.39. The Kier molecular flexibility index (Phi) is 6.61. The van der Waals surface area contributed by atoms with Gasteiger partial charge in [0.05, 0.1) is 23.1 Å². The van der Waals surface area contributed by atoms with Gasteiger partial charge in [0, 0.05) is 17.6 Å². The molecule has 134 valence electrons. The van der Waals surface area contributed by atoms with Crippen LogP contribution in [0.4, 0.5) is 5.69 Å². The normalized spacial score (nSPS) is 11.8. The molecule has 1 heterocycles. The fourth-order valence-electron chi connectivity index (χ4n) is 2.39. The van der Waals surface area contributed by atoms with Crippen LogP contribution in [0.3, 0.4) is 0 Å². The average Bonchev–Trinajstić information content (AvgIpc) is 2.99. The third-order valence-electron chi connectivity index (χ3n) is 3.70. The van der Waals surface area contributed by atoms with Crippen molar-refractivity contribution in [3.8, 4) is 0 Å². The third kappa shape index (κ3) is 5.08. The van der Waals surface area contributed by atoms with Crippen LogP contribution in [0.25, 0.3) is 0 Å². The van der Waals surface area contributed by atoms with Crippen LogP contribution >= 0.6 is 11.6 Å². The number of likely N-dealkylation sites (N-methyl/N-ethyl adjacent to an activating group) is 1. The quantitative estimate of drug-likeness (QED) is 0.705. The molecule has 0 saturated heterocycles. The lowest BCUT2D eigenvalue weighted by Gasteiger charge is -2.15. The van der Waals surface area contributed by atoms with Gasteiger partial charge in [0.2, 0.25) is 0 Å². The number of amides is 2. The Balaban J connectivity index is 2.15. The first-order valence-electron chi connectivity index (χ1n) is 8.09. The molecule has 7 heteroatoms. The molecule has 25 heavy (non-hydrogen) atoms. The van der Waals surface area contributed by atoms with Gasteiger partial charge in [-0.2, -0.15) is 0 Å². The van der Waals surface area contributed by atoms with Gasteiger partial charge in [0.25, 0.3) is 11.8 Å². The molecule has 1 aromatic heterocycles. The maximum absolute atomic E-state index is 12.5. The molecule has 0 unspecified atom stereocenters. The Morgan fingerprint density at radius 2 is 1.96 bits per heavy atom. The number of benzene rings is 1. The molecule has 0 spiro atoms. The van der Waals surface area contributed by atoms with Gasteiger partial charge in [-0.05, 0) is 44.7 Å². The zero-order chi connectivity index (χ0) is 18.4. The first-order chi connectivity index (χ1) is 11.9. The topological polar surface area (TPSA) is 83.4 Å². The fourth-order valence-corrected chi connectivity index (χ4v) is 2.56. The van der Waals surface area contributed by atoms with Crippen LogP contribution in [0.1, 0.15) is 40.3 Å². The summed E-state index contributed by atoms with van der Waals surface area (Å²) >= 11 is 6.02. The van der Waals surface area contributed by atoms with Crippen LogP contribution < -0.4 is 16.0 Å². The smallest absolute Gasteiger partial charge is 0.259 e. The average molecular weight is 364 g/mol. The van der Waals surface area contributed by atoms with Gasteiger partial charge in [-0.15, -0.1) is 0 Å². The number of carbonyl (C=O) groups excluding carboxylic acids is 2. The number of anilines is 1. The molecule has 0 aliphatic heterocycles. The summed E-state index contributed by atoms with van der Waals surface area (Å²) in [7, 11) is 0. The van der Waals surface area contributed by atoms with Crippen LogP contribution in [0.15, 0.2) is 34.9 Å². The zero-order valence-electron chi connectivity index (χ0n) is 14.5. The summed E-state index contributed by atoms with van der Waals surface area (Å²) in [6.45, 7) is 6.98. The van der Waals surface area contributed by atoms with Crippen molar-refractivity contribution in [2.75, 3.05) is 18.4 Å². The van der Waals surface area contributed by atoms with Gasteiger partial charge in [-0.3, -0.25) is 9.59 Å². The van der Waals surface area contributed by atoms with Crippen LogP contribution in [0, 0.1) is 6.92 Å². The lowest BCUT2D eigenvalue weighted by molar-refractivity contribution is 0.0951. The molecule has 2 amide bonds. The summed E-state index contributed by atoms with van der Waals surface area (Å²) in [5.74, 6) is -0.130. The second-order valence-corrected chi connectivity index (χ2v) is 6.14. The maximum atomic E-state index is 12.5. The molecule has 1 atom stereocenters. The molecule has 1 aromatic carbocycles. The molecular weight excluding hydrogens is 342 g/mol. The van der Waals surface area contributed by atoms with E-state index in [1.807, 2.05) is 13.8 Å². The lowest BCUT2D eigenvalue weighted by atomic mass is 10.1. The summed E-state index contributed by atoms with van der Waals surface area (Å²) in [6, 6.07) is 6.48. The zero-order valence-corrected chi connectivity index (χ0v) is 15.2. The van der Waals surface area contributed by atoms with Gasteiger partial charge in [-0.1, -0.05) is 18.5 Å². The number of furan rings is 1. The van der Waals surface area contributed by atoms with Crippen molar-refractivity contribution in [1.29, 1.82) is 0 Å². The molecule has 0 bridgehead atoms. The van der Waals surface area contributed by atoms with Crippen LogP contribution in [0.5, 0.6) is 0 Å². The number of nitrogens with one attached hydrogen (secondary N) is 3. The van der Waals surface area contributed by atoms with E-state index < -0.39 is 0 Å². The van der Waals surface area contributed by atoms with Crippen molar-refractivity contribution in [3.63, 3.8) is 0 Å². The Morgan fingerprint density at radius 1 is 1.20 bits per heavy atom. The summed E-state index contributed by atoms with van der Waals surface area (Å²) < 4.78 is 5.14. The summed E-state index contributed by atoms with van der Waals surface area (Å²) in [6.07, 6.45) is 1.44. The third-order valence-corrected chi connectivity index (χ3v) is 3.93. The number of carbonyl (C=O) groups is 2. The summed E-state index contributed by atoms with van der Waals surface area (Å²) in [4.78, 5) is 24.8. The van der Waals surface area contributed by atoms with Gasteiger partial charge in [-0.25, -0.2) is 0 Å². The predicted molar refractivity (Wildman–Crippen MR) is 98.3 cm³/mol. The van der Waals surface area contributed by atoms with E-state index in [1.165, 1.54) is 6.26 Å². The van der Waals surface area contributed by atoms with Crippen molar-refractivity contribution >= 4 is 29.1 Å². The van der Waals surface area contributed by atoms with E-state index in [4.69, 9.17) is 16.0 Å².